The lowest BCUT2D eigenvalue weighted by Crippen LogP contribution is -2.37. The molecule has 2 rings (SSSR count). The van der Waals surface area contributed by atoms with Crippen molar-refractivity contribution in [3.05, 3.63) is 65.7 Å². The number of para-hydroxylation sites is 1. The molecule has 0 N–H and O–H groups in total. The summed E-state index contributed by atoms with van der Waals surface area (Å²) >= 11 is 0. The highest BCUT2D eigenvalue weighted by Crippen LogP contribution is 2.20. The van der Waals surface area contributed by atoms with Crippen LogP contribution in [0.4, 0.5) is 5.69 Å². The summed E-state index contributed by atoms with van der Waals surface area (Å²) in [5, 5.41) is 0. The van der Waals surface area contributed by atoms with E-state index in [1.165, 1.54) is 6.26 Å². The maximum absolute atomic E-state index is 12.8. The van der Waals surface area contributed by atoms with Gasteiger partial charge in [0, 0.05) is 23.5 Å². The van der Waals surface area contributed by atoms with Gasteiger partial charge >= 0.3 is 0 Å². The largest absolute Gasteiger partial charge is 0.306 e. The Kier molecular flexibility index (Phi) is 5.21. The van der Waals surface area contributed by atoms with Crippen LogP contribution in [-0.2, 0) is 15.6 Å². The van der Waals surface area contributed by atoms with Crippen molar-refractivity contribution in [3.63, 3.8) is 0 Å². The van der Waals surface area contributed by atoms with Crippen molar-refractivity contribution >= 4 is 21.4 Å². The first-order valence-electron chi connectivity index (χ1n) is 7.43. The van der Waals surface area contributed by atoms with Crippen molar-refractivity contribution in [2.45, 2.75) is 25.6 Å². The maximum Gasteiger partial charge on any atom is 0.258 e. The van der Waals surface area contributed by atoms with Gasteiger partial charge < -0.3 is 4.90 Å². The molecule has 0 radical (unpaired) electrons. The Balaban J connectivity index is 2.27. The lowest BCUT2D eigenvalue weighted by Gasteiger charge is -2.27. The fourth-order valence-electron chi connectivity index (χ4n) is 2.42. The highest BCUT2D eigenvalue weighted by Gasteiger charge is 2.20. The summed E-state index contributed by atoms with van der Waals surface area (Å²) in [6.07, 6.45) is 1.20. The summed E-state index contributed by atoms with van der Waals surface area (Å²) in [4.78, 5) is 14.5. The molecule has 0 atom stereocenters. The van der Waals surface area contributed by atoms with Gasteiger partial charge in [0.2, 0.25) is 0 Å². The number of carbonyl (C=O) groups excluding carboxylic acids is 1. The van der Waals surface area contributed by atoms with Gasteiger partial charge in [-0.15, -0.1) is 0 Å². The van der Waals surface area contributed by atoms with Crippen molar-refractivity contribution in [3.8, 4) is 0 Å². The highest BCUT2D eigenvalue weighted by molar-refractivity contribution is 7.89. The Hall–Kier alpha value is -2.14. The van der Waals surface area contributed by atoms with Gasteiger partial charge in [-0.2, -0.15) is 0 Å². The van der Waals surface area contributed by atoms with E-state index in [4.69, 9.17) is 0 Å². The zero-order valence-electron chi connectivity index (χ0n) is 13.6. The second-order valence-electron chi connectivity index (χ2n) is 5.87. The number of amides is 1. The van der Waals surface area contributed by atoms with Crippen molar-refractivity contribution in [1.29, 1.82) is 0 Å². The SMILES string of the molecule is CC(C)N(C(=O)c1ccc(CS(C)(=O)=O)cc1)c1ccccc1. The summed E-state index contributed by atoms with van der Waals surface area (Å²) in [6.45, 7) is 3.92. The van der Waals surface area contributed by atoms with E-state index in [0.29, 0.717) is 11.1 Å². The summed E-state index contributed by atoms with van der Waals surface area (Å²) in [7, 11) is -3.08. The lowest BCUT2D eigenvalue weighted by atomic mass is 10.1. The second-order valence-corrected chi connectivity index (χ2v) is 8.01. The molecular formula is C18H21NO3S. The molecule has 0 heterocycles. The molecule has 2 aromatic rings. The quantitative estimate of drug-likeness (QED) is 0.845. The van der Waals surface area contributed by atoms with Gasteiger partial charge in [0.1, 0.15) is 0 Å². The fraction of sp³-hybridized carbons (Fsp3) is 0.278. The molecular weight excluding hydrogens is 310 g/mol. The predicted molar refractivity (Wildman–Crippen MR) is 93.4 cm³/mol. The standard InChI is InChI=1S/C18H21NO3S/c1-14(2)19(17-7-5-4-6-8-17)18(20)16-11-9-15(10-12-16)13-23(3,21)22/h4-12,14H,13H2,1-3H3. The number of hydrogen-bond donors (Lipinski definition) is 0. The minimum absolute atomic E-state index is 0.0144. The average molecular weight is 331 g/mol. The molecule has 0 aromatic heterocycles. The van der Waals surface area contributed by atoms with Gasteiger partial charge in [0.05, 0.1) is 5.75 Å². The van der Waals surface area contributed by atoms with Crippen LogP contribution in [0.3, 0.4) is 0 Å². The second kappa shape index (κ2) is 6.96. The molecule has 122 valence electrons. The first-order valence-corrected chi connectivity index (χ1v) is 9.49. The van der Waals surface area contributed by atoms with E-state index in [9.17, 15) is 13.2 Å². The monoisotopic (exact) mass is 331 g/mol. The fourth-order valence-corrected chi connectivity index (χ4v) is 3.22. The van der Waals surface area contributed by atoms with Gasteiger partial charge in [-0.05, 0) is 43.7 Å². The molecule has 23 heavy (non-hydrogen) atoms. The minimum Gasteiger partial charge on any atom is -0.306 e. The molecule has 0 fully saturated rings. The molecule has 2 aromatic carbocycles. The van der Waals surface area contributed by atoms with Gasteiger partial charge in [-0.3, -0.25) is 4.79 Å². The van der Waals surface area contributed by atoms with Crippen LogP contribution < -0.4 is 4.90 Å². The molecule has 0 saturated carbocycles. The van der Waals surface area contributed by atoms with Crippen LogP contribution in [0.15, 0.2) is 54.6 Å². The molecule has 0 aliphatic carbocycles. The van der Waals surface area contributed by atoms with Gasteiger partial charge in [0.15, 0.2) is 9.84 Å². The summed E-state index contributed by atoms with van der Waals surface area (Å²) in [5.41, 5.74) is 2.06. The number of benzene rings is 2. The molecule has 0 saturated heterocycles. The summed E-state index contributed by atoms with van der Waals surface area (Å²) in [5.74, 6) is -0.120. The third-order valence-corrected chi connectivity index (χ3v) is 4.26. The number of rotatable bonds is 5. The van der Waals surface area contributed by atoms with Crippen LogP contribution in [-0.4, -0.2) is 26.6 Å². The Bertz CT molecular complexity index is 766. The van der Waals surface area contributed by atoms with Crippen LogP contribution in [0.25, 0.3) is 0 Å². The zero-order chi connectivity index (χ0) is 17.0. The molecule has 0 bridgehead atoms. The summed E-state index contributed by atoms with van der Waals surface area (Å²) < 4.78 is 22.7. The third kappa shape index (κ3) is 4.66. The molecule has 0 unspecified atom stereocenters. The number of sulfone groups is 1. The maximum atomic E-state index is 12.8. The van der Waals surface area contributed by atoms with E-state index in [-0.39, 0.29) is 17.7 Å². The Morgan fingerprint density at radius 1 is 1.00 bits per heavy atom. The third-order valence-electron chi connectivity index (χ3n) is 3.40. The van der Waals surface area contributed by atoms with Crippen molar-refractivity contribution in [2.75, 3.05) is 11.2 Å². The highest BCUT2D eigenvalue weighted by atomic mass is 32.2. The smallest absolute Gasteiger partial charge is 0.258 e. The molecule has 0 aliphatic rings. The van der Waals surface area contributed by atoms with Crippen LogP contribution in [0, 0.1) is 0 Å². The first kappa shape index (κ1) is 17.2. The predicted octanol–water partition coefficient (Wildman–Crippen LogP) is 3.29. The average Bonchev–Trinajstić information content (AvgIpc) is 2.47. The van der Waals surface area contributed by atoms with Crippen molar-refractivity contribution < 1.29 is 13.2 Å². The minimum atomic E-state index is -3.08. The van der Waals surface area contributed by atoms with E-state index < -0.39 is 9.84 Å². The Morgan fingerprint density at radius 3 is 2.04 bits per heavy atom. The normalized spacial score (nSPS) is 11.5. The van der Waals surface area contributed by atoms with E-state index in [2.05, 4.69) is 0 Å². The van der Waals surface area contributed by atoms with Crippen LogP contribution in [0.2, 0.25) is 0 Å². The zero-order valence-corrected chi connectivity index (χ0v) is 14.4. The van der Waals surface area contributed by atoms with E-state index in [1.807, 2.05) is 44.2 Å². The van der Waals surface area contributed by atoms with E-state index in [0.717, 1.165) is 5.69 Å². The van der Waals surface area contributed by atoms with E-state index in [1.54, 1.807) is 29.2 Å². The van der Waals surface area contributed by atoms with Crippen molar-refractivity contribution in [2.24, 2.45) is 0 Å². The molecule has 5 heteroatoms. The van der Waals surface area contributed by atoms with Gasteiger partial charge in [-0.25, -0.2) is 8.42 Å². The Labute approximate surface area is 137 Å². The van der Waals surface area contributed by atoms with Gasteiger partial charge in [-0.1, -0.05) is 30.3 Å². The van der Waals surface area contributed by atoms with Crippen LogP contribution in [0.5, 0.6) is 0 Å². The molecule has 0 aliphatic heterocycles. The molecule has 0 spiro atoms. The number of hydrogen-bond acceptors (Lipinski definition) is 3. The first-order chi connectivity index (χ1) is 10.8. The number of nitrogens with zero attached hydrogens (tertiary/aromatic N) is 1. The molecule has 4 nitrogen and oxygen atoms in total. The van der Waals surface area contributed by atoms with Crippen LogP contribution in [0.1, 0.15) is 29.8 Å². The molecule has 1 amide bonds. The number of carbonyl (C=O) groups is 1. The Morgan fingerprint density at radius 2 is 1.57 bits per heavy atom. The van der Waals surface area contributed by atoms with Crippen molar-refractivity contribution in [1.82, 2.24) is 0 Å². The number of anilines is 1. The topological polar surface area (TPSA) is 54.5 Å². The van der Waals surface area contributed by atoms with Crippen LogP contribution >= 0.6 is 0 Å². The summed E-state index contributed by atoms with van der Waals surface area (Å²) in [6, 6.07) is 16.3. The lowest BCUT2D eigenvalue weighted by molar-refractivity contribution is 0.0980. The van der Waals surface area contributed by atoms with Gasteiger partial charge in [0.25, 0.3) is 5.91 Å². The van der Waals surface area contributed by atoms with E-state index >= 15 is 0 Å².